The molecule has 1 fully saturated rings. The topological polar surface area (TPSA) is 66.6 Å². The Labute approximate surface area is 133 Å². The van der Waals surface area contributed by atoms with Gasteiger partial charge in [0.25, 0.3) is 0 Å². The van der Waals surface area contributed by atoms with Crippen molar-refractivity contribution in [1.82, 2.24) is 4.90 Å². The van der Waals surface area contributed by atoms with E-state index in [-0.39, 0.29) is 0 Å². The van der Waals surface area contributed by atoms with Gasteiger partial charge in [-0.15, -0.1) is 0 Å². The minimum absolute atomic E-state index is 0.483. The van der Waals surface area contributed by atoms with Gasteiger partial charge in [-0.2, -0.15) is 0 Å². The molecule has 3 rings (SSSR count). The van der Waals surface area contributed by atoms with E-state index in [1.54, 1.807) is 0 Å². The van der Waals surface area contributed by atoms with Gasteiger partial charge < -0.3 is 10.8 Å². The third kappa shape index (κ3) is 2.63. The van der Waals surface area contributed by atoms with Crippen LogP contribution in [0.5, 0.6) is 0 Å². The molecule has 4 unspecified atom stereocenters. The summed E-state index contributed by atoms with van der Waals surface area (Å²) in [6.07, 6.45) is 11.8. The lowest BCUT2D eigenvalue weighted by molar-refractivity contribution is -0.140. The summed E-state index contributed by atoms with van der Waals surface area (Å²) in [5.74, 6) is 0.525. The lowest BCUT2D eigenvalue weighted by atomic mass is 9.67. The van der Waals surface area contributed by atoms with E-state index in [1.165, 1.54) is 31.4 Å². The fraction of sp³-hybridized carbons (Fsp3) is 0.722. The second-order valence-corrected chi connectivity index (χ2v) is 7.66. The molecular formula is C18H28N2O2. The Morgan fingerprint density at radius 3 is 2.95 bits per heavy atom. The summed E-state index contributed by atoms with van der Waals surface area (Å²) in [4.78, 5) is 13.9. The van der Waals surface area contributed by atoms with Crippen LogP contribution in [0.15, 0.2) is 23.8 Å². The highest BCUT2D eigenvalue weighted by Crippen LogP contribution is 2.43. The van der Waals surface area contributed by atoms with Gasteiger partial charge in [0.1, 0.15) is 6.04 Å². The quantitative estimate of drug-likeness (QED) is 0.786. The first-order valence-electron chi connectivity index (χ1n) is 8.50. The van der Waals surface area contributed by atoms with Crippen LogP contribution in [0.25, 0.3) is 0 Å². The highest BCUT2D eigenvalue weighted by atomic mass is 16.4. The van der Waals surface area contributed by atoms with Gasteiger partial charge in [-0.25, -0.2) is 0 Å². The van der Waals surface area contributed by atoms with Crippen LogP contribution in [0.3, 0.4) is 0 Å². The molecule has 2 heterocycles. The Balaban J connectivity index is 1.82. The maximum absolute atomic E-state index is 11.3. The largest absolute Gasteiger partial charge is 0.480 e. The van der Waals surface area contributed by atoms with Crippen LogP contribution in [-0.2, 0) is 4.79 Å². The number of nitrogens with zero attached hydrogens (tertiary/aromatic N) is 1. The number of hydrogen-bond donors (Lipinski definition) is 2. The lowest BCUT2D eigenvalue weighted by Gasteiger charge is -2.50. The first-order valence-corrected chi connectivity index (χ1v) is 8.50. The normalized spacial score (nSPS) is 33.6. The number of carboxylic acids is 1. The van der Waals surface area contributed by atoms with Gasteiger partial charge >= 0.3 is 5.97 Å². The Hall–Kier alpha value is -1.13. The molecule has 2 aliphatic heterocycles. The van der Waals surface area contributed by atoms with Crippen molar-refractivity contribution in [2.24, 2.45) is 23.0 Å². The third-order valence-corrected chi connectivity index (χ3v) is 6.18. The van der Waals surface area contributed by atoms with Crippen molar-refractivity contribution in [3.8, 4) is 0 Å². The maximum Gasteiger partial charge on any atom is 0.321 e. The number of fused-ring (bicyclic) bond motifs is 3. The summed E-state index contributed by atoms with van der Waals surface area (Å²) < 4.78 is 0. The molecule has 3 aliphatic rings. The number of hydrogen-bond acceptors (Lipinski definition) is 3. The number of carbonyl (C=O) groups is 1. The zero-order chi connectivity index (χ0) is 15.9. The van der Waals surface area contributed by atoms with Crippen molar-refractivity contribution in [1.29, 1.82) is 0 Å². The molecule has 0 saturated carbocycles. The van der Waals surface area contributed by atoms with E-state index in [0.717, 1.165) is 18.9 Å². The number of allylic oxidation sites excluding steroid dienone is 1. The monoisotopic (exact) mass is 304 g/mol. The standard InChI is InChI=1S/C18H28N2O2/c1-18(2,16(19)17(21)22)13-8-10-20-9-7-12-5-3-4-6-14(12)15(20)11-13/h4,6,8,12,14-16H,3,5,7,9-11,19H2,1-2H3,(H,21,22). The Bertz CT molecular complexity index is 509. The molecule has 1 saturated heterocycles. The minimum atomic E-state index is -0.910. The van der Waals surface area contributed by atoms with E-state index in [2.05, 4.69) is 23.1 Å². The Morgan fingerprint density at radius 1 is 1.45 bits per heavy atom. The van der Waals surface area contributed by atoms with Gasteiger partial charge in [-0.3, -0.25) is 9.69 Å². The fourth-order valence-corrected chi connectivity index (χ4v) is 4.50. The molecule has 0 radical (unpaired) electrons. The van der Waals surface area contributed by atoms with Gasteiger partial charge in [0.2, 0.25) is 0 Å². The summed E-state index contributed by atoms with van der Waals surface area (Å²) >= 11 is 0. The highest BCUT2D eigenvalue weighted by molar-refractivity contribution is 5.75. The average molecular weight is 304 g/mol. The molecular weight excluding hydrogens is 276 g/mol. The maximum atomic E-state index is 11.3. The van der Waals surface area contributed by atoms with Crippen molar-refractivity contribution < 1.29 is 9.90 Å². The van der Waals surface area contributed by atoms with Gasteiger partial charge in [0, 0.05) is 18.0 Å². The zero-order valence-corrected chi connectivity index (χ0v) is 13.7. The van der Waals surface area contributed by atoms with Gasteiger partial charge in [0.05, 0.1) is 0 Å². The van der Waals surface area contributed by atoms with Crippen molar-refractivity contribution in [3.63, 3.8) is 0 Å². The van der Waals surface area contributed by atoms with E-state index >= 15 is 0 Å². The van der Waals surface area contributed by atoms with Crippen LogP contribution in [0.4, 0.5) is 0 Å². The number of carboxylic acid groups (broad SMARTS) is 1. The first kappa shape index (κ1) is 15.8. The van der Waals surface area contributed by atoms with Crippen molar-refractivity contribution in [2.75, 3.05) is 13.1 Å². The van der Waals surface area contributed by atoms with Gasteiger partial charge in [-0.05, 0) is 44.1 Å². The van der Waals surface area contributed by atoms with E-state index in [0.29, 0.717) is 12.0 Å². The molecule has 0 bridgehead atoms. The number of aliphatic carboxylic acids is 1. The van der Waals surface area contributed by atoms with Crippen molar-refractivity contribution in [2.45, 2.75) is 51.6 Å². The molecule has 122 valence electrons. The summed E-state index contributed by atoms with van der Waals surface area (Å²) in [7, 11) is 0. The summed E-state index contributed by atoms with van der Waals surface area (Å²) in [6.45, 7) is 6.07. The number of rotatable bonds is 3. The molecule has 0 aromatic rings. The van der Waals surface area contributed by atoms with Gasteiger partial charge in [0.15, 0.2) is 0 Å². The second kappa shape index (κ2) is 5.82. The molecule has 1 aliphatic carbocycles. The van der Waals surface area contributed by atoms with Crippen LogP contribution < -0.4 is 5.73 Å². The molecule has 22 heavy (non-hydrogen) atoms. The fourth-order valence-electron chi connectivity index (χ4n) is 4.50. The number of piperidine rings is 1. The molecule has 0 spiro atoms. The first-order chi connectivity index (χ1) is 10.4. The van der Waals surface area contributed by atoms with Gasteiger partial charge in [-0.1, -0.05) is 37.6 Å². The summed E-state index contributed by atoms with van der Waals surface area (Å²) in [5.41, 5.74) is 6.70. The third-order valence-electron chi connectivity index (χ3n) is 6.18. The summed E-state index contributed by atoms with van der Waals surface area (Å²) in [6, 6.07) is -0.317. The Morgan fingerprint density at radius 2 is 2.23 bits per heavy atom. The number of nitrogens with two attached hydrogens (primary N) is 1. The summed E-state index contributed by atoms with van der Waals surface area (Å²) in [5, 5.41) is 9.29. The second-order valence-electron chi connectivity index (χ2n) is 7.66. The van der Waals surface area contributed by atoms with Crippen LogP contribution in [0, 0.1) is 17.3 Å². The molecule has 4 atom stereocenters. The van der Waals surface area contributed by atoms with E-state index in [9.17, 15) is 9.90 Å². The SMILES string of the molecule is CC(C)(C1=CCN2CCC3CCC=CC3C2C1)C(N)C(=O)O. The predicted octanol–water partition coefficient (Wildman–Crippen LogP) is 2.41. The molecule has 3 N–H and O–H groups in total. The smallest absolute Gasteiger partial charge is 0.321 e. The van der Waals surface area contributed by atoms with Crippen LogP contribution in [0.1, 0.15) is 39.5 Å². The zero-order valence-electron chi connectivity index (χ0n) is 13.7. The van der Waals surface area contributed by atoms with E-state index < -0.39 is 17.4 Å². The van der Waals surface area contributed by atoms with E-state index in [4.69, 9.17) is 5.73 Å². The minimum Gasteiger partial charge on any atom is -0.480 e. The Kier molecular flexibility index (Phi) is 4.17. The molecule has 0 aromatic carbocycles. The lowest BCUT2D eigenvalue weighted by Crippen LogP contribution is -2.53. The van der Waals surface area contributed by atoms with Crippen molar-refractivity contribution in [3.05, 3.63) is 23.8 Å². The molecule has 4 heteroatoms. The van der Waals surface area contributed by atoms with Crippen molar-refractivity contribution >= 4 is 5.97 Å². The van der Waals surface area contributed by atoms with Crippen LogP contribution in [0.2, 0.25) is 0 Å². The molecule has 4 nitrogen and oxygen atoms in total. The van der Waals surface area contributed by atoms with Crippen LogP contribution >= 0.6 is 0 Å². The van der Waals surface area contributed by atoms with E-state index in [1.807, 2.05) is 13.8 Å². The molecule has 0 aromatic heterocycles. The van der Waals surface area contributed by atoms with Crippen LogP contribution in [-0.4, -0.2) is 41.1 Å². The average Bonchev–Trinajstić information content (AvgIpc) is 2.53. The predicted molar refractivity (Wildman–Crippen MR) is 87.4 cm³/mol. The highest BCUT2D eigenvalue weighted by Gasteiger charge is 2.43. The molecule has 0 amide bonds.